The highest BCUT2D eigenvalue weighted by Crippen LogP contribution is 2.48. The second-order valence-corrected chi connectivity index (χ2v) is 9.78. The number of benzene rings is 3. The number of aliphatic hydroxyl groups excluding tert-OH is 1. The molecule has 1 amide bonds. The summed E-state index contributed by atoms with van der Waals surface area (Å²) < 4.78 is 48.8. The summed E-state index contributed by atoms with van der Waals surface area (Å²) in [7, 11) is 0. The highest BCUT2D eigenvalue weighted by Gasteiger charge is 2.43. The lowest BCUT2D eigenvalue weighted by atomic mass is 9.74. The Bertz CT molecular complexity index is 1260. The van der Waals surface area contributed by atoms with Crippen molar-refractivity contribution in [3.05, 3.63) is 93.2 Å². The van der Waals surface area contributed by atoms with Gasteiger partial charge < -0.3 is 15.2 Å². The zero-order valence-corrected chi connectivity index (χ0v) is 20.8. The molecular formula is C27H24Cl2F3NO3. The number of amides is 1. The van der Waals surface area contributed by atoms with E-state index >= 15 is 0 Å². The maximum absolute atomic E-state index is 14.9. The number of anilines is 1. The fourth-order valence-corrected chi connectivity index (χ4v) is 4.71. The van der Waals surface area contributed by atoms with E-state index in [1.165, 1.54) is 36.4 Å². The number of alkyl halides is 2. The zero-order chi connectivity index (χ0) is 26.1. The quantitative estimate of drug-likeness (QED) is 0.318. The molecule has 0 aromatic heterocycles. The maximum Gasteiger partial charge on any atom is 0.298 e. The van der Waals surface area contributed by atoms with Gasteiger partial charge in [-0.3, -0.25) is 4.79 Å². The lowest BCUT2D eigenvalue weighted by Crippen LogP contribution is -2.40. The van der Waals surface area contributed by atoms with Gasteiger partial charge in [0, 0.05) is 32.9 Å². The number of ether oxygens (including phenoxy) is 1. The van der Waals surface area contributed by atoms with Crippen molar-refractivity contribution >= 4 is 34.8 Å². The van der Waals surface area contributed by atoms with E-state index in [1.807, 2.05) is 0 Å². The average Bonchev–Trinajstić information content (AvgIpc) is 2.78. The zero-order valence-electron chi connectivity index (χ0n) is 19.3. The number of carbonyl (C=O) groups is 1. The monoisotopic (exact) mass is 537 g/mol. The summed E-state index contributed by atoms with van der Waals surface area (Å²) in [5, 5.41) is 12.8. The van der Waals surface area contributed by atoms with Crippen molar-refractivity contribution in [3.63, 3.8) is 0 Å². The van der Waals surface area contributed by atoms with Gasteiger partial charge in [0.25, 0.3) is 5.92 Å². The Labute approximate surface area is 217 Å². The van der Waals surface area contributed by atoms with Gasteiger partial charge in [-0.05, 0) is 56.0 Å². The maximum atomic E-state index is 14.9. The molecule has 4 rings (SSSR count). The standard InChI is InChI=1S/C27H24Cl2F3NO3/c1-16(34)27(31,32)18-5-3-17(4-6-18)13-25(35)33-20-8-10-24(23(30)15-20)36-26(11-2-12-26)21-9-7-19(28)14-22(21)29/h3-10,14-16,34H,2,11-13H2,1H3,(H,33,35). The molecule has 1 fully saturated rings. The van der Waals surface area contributed by atoms with E-state index in [0.717, 1.165) is 25.0 Å². The number of hydrogen-bond donors (Lipinski definition) is 2. The van der Waals surface area contributed by atoms with Gasteiger partial charge in [0.1, 0.15) is 11.7 Å². The molecule has 0 saturated heterocycles. The van der Waals surface area contributed by atoms with Crippen molar-refractivity contribution in [3.8, 4) is 5.75 Å². The average molecular weight is 538 g/mol. The third kappa shape index (κ3) is 5.48. The van der Waals surface area contributed by atoms with Gasteiger partial charge in [0.05, 0.1) is 6.42 Å². The largest absolute Gasteiger partial charge is 0.479 e. The molecule has 0 bridgehead atoms. The first kappa shape index (κ1) is 26.3. The molecule has 36 heavy (non-hydrogen) atoms. The lowest BCUT2D eigenvalue weighted by molar-refractivity contribution is -0.115. The van der Waals surface area contributed by atoms with Crippen LogP contribution in [-0.2, 0) is 22.7 Å². The summed E-state index contributed by atoms with van der Waals surface area (Å²) in [6.45, 7) is 1.01. The molecule has 1 aliphatic rings. The van der Waals surface area contributed by atoms with Crippen molar-refractivity contribution < 1.29 is 27.8 Å². The summed E-state index contributed by atoms with van der Waals surface area (Å²) in [5.41, 5.74) is 0.376. The molecular weight excluding hydrogens is 514 g/mol. The molecule has 1 atom stereocenters. The second-order valence-electron chi connectivity index (χ2n) is 8.94. The Morgan fingerprint density at radius 1 is 1.11 bits per heavy atom. The Kier molecular flexibility index (Phi) is 7.55. The summed E-state index contributed by atoms with van der Waals surface area (Å²) in [6, 6.07) is 14.4. The Morgan fingerprint density at radius 2 is 1.81 bits per heavy atom. The molecule has 1 aliphatic carbocycles. The number of carbonyl (C=O) groups excluding carboxylic acids is 1. The molecule has 190 valence electrons. The van der Waals surface area contributed by atoms with Crippen LogP contribution in [0.2, 0.25) is 10.0 Å². The number of aliphatic hydroxyl groups is 1. The smallest absolute Gasteiger partial charge is 0.298 e. The number of halogens is 5. The third-order valence-corrected chi connectivity index (χ3v) is 6.88. The van der Waals surface area contributed by atoms with E-state index in [9.17, 15) is 23.1 Å². The van der Waals surface area contributed by atoms with Gasteiger partial charge in [0.2, 0.25) is 5.91 Å². The van der Waals surface area contributed by atoms with Gasteiger partial charge in [-0.25, -0.2) is 4.39 Å². The van der Waals surface area contributed by atoms with Crippen LogP contribution in [0, 0.1) is 5.82 Å². The molecule has 4 nitrogen and oxygen atoms in total. The van der Waals surface area contributed by atoms with E-state index in [4.69, 9.17) is 27.9 Å². The van der Waals surface area contributed by atoms with Crippen molar-refractivity contribution in [2.45, 2.75) is 50.2 Å². The van der Waals surface area contributed by atoms with E-state index in [0.29, 0.717) is 28.5 Å². The highest BCUT2D eigenvalue weighted by molar-refractivity contribution is 6.35. The van der Waals surface area contributed by atoms with Gasteiger partial charge in [-0.15, -0.1) is 0 Å². The fraction of sp³-hybridized carbons (Fsp3) is 0.296. The molecule has 0 aliphatic heterocycles. The minimum Gasteiger partial charge on any atom is -0.479 e. The van der Waals surface area contributed by atoms with Gasteiger partial charge in [-0.1, -0.05) is 53.5 Å². The van der Waals surface area contributed by atoms with Crippen LogP contribution in [0.3, 0.4) is 0 Å². The molecule has 3 aromatic carbocycles. The van der Waals surface area contributed by atoms with Crippen LogP contribution in [0.15, 0.2) is 60.7 Å². The molecule has 0 heterocycles. The van der Waals surface area contributed by atoms with E-state index in [-0.39, 0.29) is 23.4 Å². The first-order valence-corrected chi connectivity index (χ1v) is 12.1. The van der Waals surface area contributed by atoms with Crippen molar-refractivity contribution in [1.29, 1.82) is 0 Å². The van der Waals surface area contributed by atoms with Crippen molar-refractivity contribution in [1.82, 2.24) is 0 Å². The summed E-state index contributed by atoms with van der Waals surface area (Å²) in [5.74, 6) is -4.44. The first-order valence-electron chi connectivity index (χ1n) is 11.4. The minimum atomic E-state index is -3.39. The fourth-order valence-electron chi connectivity index (χ4n) is 4.13. The van der Waals surface area contributed by atoms with Crippen LogP contribution >= 0.6 is 23.2 Å². The minimum absolute atomic E-state index is 0.0355. The summed E-state index contributed by atoms with van der Waals surface area (Å²) in [4.78, 5) is 12.4. The molecule has 1 saturated carbocycles. The summed E-state index contributed by atoms with van der Waals surface area (Å²) >= 11 is 12.4. The molecule has 2 N–H and O–H groups in total. The molecule has 3 aromatic rings. The lowest BCUT2D eigenvalue weighted by Gasteiger charge is -2.42. The Balaban J connectivity index is 1.42. The SMILES string of the molecule is CC(O)C(F)(F)c1ccc(CC(=O)Nc2ccc(OC3(c4ccc(Cl)cc4Cl)CCC3)c(F)c2)cc1. The van der Waals surface area contributed by atoms with Gasteiger partial charge in [-0.2, -0.15) is 8.78 Å². The summed E-state index contributed by atoms with van der Waals surface area (Å²) in [6.07, 6.45) is 0.323. The van der Waals surface area contributed by atoms with Gasteiger partial charge in [0.15, 0.2) is 11.6 Å². The van der Waals surface area contributed by atoms with E-state index in [2.05, 4.69) is 5.32 Å². The molecule has 0 radical (unpaired) electrons. The number of nitrogens with one attached hydrogen (secondary N) is 1. The van der Waals surface area contributed by atoms with Crippen molar-refractivity contribution in [2.24, 2.45) is 0 Å². The topological polar surface area (TPSA) is 58.6 Å². The third-order valence-electron chi connectivity index (χ3n) is 6.33. The second kappa shape index (κ2) is 10.3. The molecule has 1 unspecified atom stereocenters. The van der Waals surface area contributed by atoms with Crippen molar-refractivity contribution in [2.75, 3.05) is 5.32 Å². The van der Waals surface area contributed by atoms with Crippen LogP contribution < -0.4 is 10.1 Å². The highest BCUT2D eigenvalue weighted by atomic mass is 35.5. The van der Waals surface area contributed by atoms with Crippen LogP contribution in [0.25, 0.3) is 0 Å². The van der Waals surface area contributed by atoms with Crippen LogP contribution in [0.4, 0.5) is 18.9 Å². The predicted molar refractivity (Wildman–Crippen MR) is 133 cm³/mol. The van der Waals surface area contributed by atoms with Crippen LogP contribution in [0.5, 0.6) is 5.75 Å². The first-order chi connectivity index (χ1) is 17.0. The van der Waals surface area contributed by atoms with E-state index in [1.54, 1.807) is 18.2 Å². The normalized spacial score (nSPS) is 15.6. The Hall–Kier alpha value is -2.74. The van der Waals surface area contributed by atoms with Gasteiger partial charge >= 0.3 is 0 Å². The molecule has 9 heteroatoms. The Morgan fingerprint density at radius 3 is 2.36 bits per heavy atom. The number of rotatable bonds is 8. The van der Waals surface area contributed by atoms with Crippen LogP contribution in [0.1, 0.15) is 42.9 Å². The predicted octanol–water partition coefficient (Wildman–Crippen LogP) is 7.24. The van der Waals surface area contributed by atoms with E-state index < -0.39 is 29.4 Å². The number of hydrogen-bond acceptors (Lipinski definition) is 3. The van der Waals surface area contributed by atoms with Crippen LogP contribution in [-0.4, -0.2) is 17.1 Å². The molecule has 0 spiro atoms.